The molecule has 5 heteroatoms. The minimum Gasteiger partial charge on any atom is -0.396 e. The van der Waals surface area contributed by atoms with E-state index in [0.717, 1.165) is 31.4 Å². The monoisotopic (exact) mass is 284 g/mol. The molecule has 20 heavy (non-hydrogen) atoms. The highest BCUT2D eigenvalue weighted by atomic mass is 19.1. The molecule has 1 aromatic carbocycles. The van der Waals surface area contributed by atoms with E-state index in [-0.39, 0.29) is 11.7 Å². The molecule has 1 atom stereocenters. The summed E-state index contributed by atoms with van der Waals surface area (Å²) in [6, 6.07) is 2.08. The fourth-order valence-electron chi connectivity index (χ4n) is 1.98. The SMILES string of the molecule is CCCCN(C(=O)c1c(F)ccc(N)c1F)C(C)CC. The molecular formula is C15H22F2N2O. The lowest BCUT2D eigenvalue weighted by atomic mass is 10.1. The molecule has 0 aliphatic rings. The number of nitrogens with two attached hydrogens (primary N) is 1. The molecule has 1 unspecified atom stereocenters. The van der Waals surface area contributed by atoms with Gasteiger partial charge in [0, 0.05) is 12.6 Å². The second-order valence-electron chi connectivity index (χ2n) is 4.93. The van der Waals surface area contributed by atoms with Gasteiger partial charge in [0.1, 0.15) is 11.4 Å². The first-order valence-corrected chi connectivity index (χ1v) is 6.98. The number of rotatable bonds is 6. The summed E-state index contributed by atoms with van der Waals surface area (Å²) < 4.78 is 27.7. The Morgan fingerprint density at radius 1 is 1.35 bits per heavy atom. The van der Waals surface area contributed by atoms with Crippen LogP contribution < -0.4 is 5.73 Å². The van der Waals surface area contributed by atoms with E-state index >= 15 is 0 Å². The predicted octanol–water partition coefficient (Wildman–Crippen LogP) is 3.59. The minimum absolute atomic E-state index is 0.0747. The molecular weight excluding hydrogens is 262 g/mol. The molecule has 0 aliphatic heterocycles. The van der Waals surface area contributed by atoms with Crippen LogP contribution in [-0.2, 0) is 0 Å². The number of amides is 1. The Hall–Kier alpha value is -1.65. The van der Waals surface area contributed by atoms with Crippen LogP contribution in [0.15, 0.2) is 12.1 Å². The van der Waals surface area contributed by atoms with Crippen molar-refractivity contribution in [1.29, 1.82) is 0 Å². The number of hydrogen-bond acceptors (Lipinski definition) is 2. The second kappa shape index (κ2) is 7.22. The van der Waals surface area contributed by atoms with Gasteiger partial charge in [-0.1, -0.05) is 20.3 Å². The van der Waals surface area contributed by atoms with Crippen molar-refractivity contribution in [2.24, 2.45) is 0 Å². The lowest BCUT2D eigenvalue weighted by Gasteiger charge is -2.29. The topological polar surface area (TPSA) is 46.3 Å². The average Bonchev–Trinajstić information content (AvgIpc) is 2.43. The van der Waals surface area contributed by atoms with Crippen LogP contribution in [-0.4, -0.2) is 23.4 Å². The van der Waals surface area contributed by atoms with Gasteiger partial charge in [0.2, 0.25) is 0 Å². The summed E-state index contributed by atoms with van der Waals surface area (Å²) in [7, 11) is 0. The fraction of sp³-hybridized carbons (Fsp3) is 0.533. The van der Waals surface area contributed by atoms with Gasteiger partial charge in [-0.2, -0.15) is 0 Å². The van der Waals surface area contributed by atoms with Gasteiger partial charge in [-0.3, -0.25) is 4.79 Å². The molecule has 0 spiro atoms. The van der Waals surface area contributed by atoms with Crippen LogP contribution >= 0.6 is 0 Å². The Labute approximate surface area is 118 Å². The van der Waals surface area contributed by atoms with E-state index in [0.29, 0.717) is 6.54 Å². The molecule has 112 valence electrons. The van der Waals surface area contributed by atoms with Crippen molar-refractivity contribution in [2.75, 3.05) is 12.3 Å². The second-order valence-corrected chi connectivity index (χ2v) is 4.93. The van der Waals surface area contributed by atoms with Crippen molar-refractivity contribution >= 4 is 11.6 Å². The molecule has 0 fully saturated rings. The highest BCUT2D eigenvalue weighted by molar-refractivity contribution is 5.96. The largest absolute Gasteiger partial charge is 0.396 e. The molecule has 2 N–H and O–H groups in total. The van der Waals surface area contributed by atoms with Crippen LogP contribution in [0.4, 0.5) is 14.5 Å². The molecule has 0 heterocycles. The third-order valence-corrected chi connectivity index (χ3v) is 3.47. The molecule has 0 radical (unpaired) electrons. The predicted molar refractivity (Wildman–Crippen MR) is 76.5 cm³/mol. The quantitative estimate of drug-likeness (QED) is 0.811. The molecule has 1 rings (SSSR count). The summed E-state index contributed by atoms with van der Waals surface area (Å²) in [5.74, 6) is -2.47. The molecule has 0 saturated heterocycles. The molecule has 0 aromatic heterocycles. The molecule has 3 nitrogen and oxygen atoms in total. The molecule has 0 bridgehead atoms. The summed E-state index contributed by atoms with van der Waals surface area (Å²) in [6.45, 7) is 6.29. The van der Waals surface area contributed by atoms with Gasteiger partial charge in [-0.25, -0.2) is 8.78 Å². The van der Waals surface area contributed by atoms with Crippen molar-refractivity contribution in [3.8, 4) is 0 Å². The van der Waals surface area contributed by atoms with Crippen LogP contribution in [0.3, 0.4) is 0 Å². The van der Waals surface area contributed by atoms with Gasteiger partial charge in [0.05, 0.1) is 5.69 Å². The zero-order valence-corrected chi connectivity index (χ0v) is 12.2. The summed E-state index contributed by atoms with van der Waals surface area (Å²) >= 11 is 0. The number of nitrogen functional groups attached to an aromatic ring is 1. The van der Waals surface area contributed by atoms with Crippen LogP contribution in [0.2, 0.25) is 0 Å². The van der Waals surface area contributed by atoms with Gasteiger partial charge >= 0.3 is 0 Å². The van der Waals surface area contributed by atoms with Crippen molar-refractivity contribution in [2.45, 2.75) is 46.1 Å². The van der Waals surface area contributed by atoms with Crippen LogP contribution in [0.1, 0.15) is 50.4 Å². The number of nitrogens with zero attached hydrogens (tertiary/aromatic N) is 1. The minimum atomic E-state index is -0.972. The first-order valence-electron chi connectivity index (χ1n) is 6.98. The van der Waals surface area contributed by atoms with E-state index < -0.39 is 23.1 Å². The number of carbonyl (C=O) groups is 1. The molecule has 1 aromatic rings. The summed E-state index contributed by atoms with van der Waals surface area (Å²) in [4.78, 5) is 14.0. The average molecular weight is 284 g/mol. The number of carbonyl (C=O) groups excluding carboxylic acids is 1. The zero-order valence-electron chi connectivity index (χ0n) is 12.2. The number of unbranched alkanes of at least 4 members (excludes halogenated alkanes) is 1. The van der Waals surface area contributed by atoms with Gasteiger partial charge < -0.3 is 10.6 Å². The Morgan fingerprint density at radius 3 is 2.55 bits per heavy atom. The van der Waals surface area contributed by atoms with Crippen molar-refractivity contribution in [3.63, 3.8) is 0 Å². The Balaban J connectivity index is 3.15. The first-order chi connectivity index (χ1) is 9.43. The van der Waals surface area contributed by atoms with E-state index in [1.54, 1.807) is 0 Å². The number of hydrogen-bond donors (Lipinski definition) is 1. The fourth-order valence-corrected chi connectivity index (χ4v) is 1.98. The maximum atomic E-state index is 14.0. The van der Waals surface area contributed by atoms with Crippen LogP contribution in [0.25, 0.3) is 0 Å². The van der Waals surface area contributed by atoms with Gasteiger partial charge in [0.15, 0.2) is 5.82 Å². The molecule has 1 amide bonds. The number of anilines is 1. The van der Waals surface area contributed by atoms with E-state index in [1.165, 1.54) is 4.90 Å². The Kier molecular flexibility index (Phi) is 5.92. The van der Waals surface area contributed by atoms with Crippen molar-refractivity contribution in [3.05, 3.63) is 29.3 Å². The lowest BCUT2D eigenvalue weighted by molar-refractivity contribution is 0.0675. The van der Waals surface area contributed by atoms with Gasteiger partial charge in [0.25, 0.3) is 5.91 Å². The maximum absolute atomic E-state index is 14.0. The Morgan fingerprint density at radius 2 is 2.00 bits per heavy atom. The molecule has 0 aliphatic carbocycles. The highest BCUT2D eigenvalue weighted by Crippen LogP contribution is 2.22. The Bertz CT molecular complexity index is 477. The zero-order chi connectivity index (χ0) is 15.3. The first kappa shape index (κ1) is 16.4. The number of benzene rings is 1. The maximum Gasteiger partial charge on any atom is 0.260 e. The molecule has 0 saturated carbocycles. The van der Waals surface area contributed by atoms with Gasteiger partial charge in [-0.15, -0.1) is 0 Å². The highest BCUT2D eigenvalue weighted by Gasteiger charge is 2.26. The van der Waals surface area contributed by atoms with Crippen molar-refractivity contribution < 1.29 is 13.6 Å². The van der Waals surface area contributed by atoms with Crippen molar-refractivity contribution in [1.82, 2.24) is 4.90 Å². The smallest absolute Gasteiger partial charge is 0.260 e. The van der Waals surface area contributed by atoms with E-state index in [4.69, 9.17) is 5.73 Å². The standard InChI is InChI=1S/C15H22F2N2O/c1-4-6-9-19(10(3)5-2)15(20)13-11(16)7-8-12(18)14(13)17/h7-8,10H,4-6,9,18H2,1-3H3. The van der Waals surface area contributed by atoms with Crippen LogP contribution in [0.5, 0.6) is 0 Å². The van der Waals surface area contributed by atoms with E-state index in [9.17, 15) is 13.6 Å². The summed E-state index contributed by atoms with van der Waals surface area (Å²) in [5, 5.41) is 0. The summed E-state index contributed by atoms with van der Waals surface area (Å²) in [5.41, 5.74) is 4.66. The van der Waals surface area contributed by atoms with Crippen LogP contribution in [0, 0.1) is 11.6 Å². The summed E-state index contributed by atoms with van der Waals surface area (Å²) in [6.07, 6.45) is 2.42. The van der Waals surface area contributed by atoms with E-state index in [1.807, 2.05) is 20.8 Å². The third-order valence-electron chi connectivity index (χ3n) is 3.47. The lowest BCUT2D eigenvalue weighted by Crippen LogP contribution is -2.40. The third kappa shape index (κ3) is 3.46. The normalized spacial score (nSPS) is 12.2. The van der Waals surface area contributed by atoms with E-state index in [2.05, 4.69) is 0 Å². The number of halogens is 2. The van der Waals surface area contributed by atoms with Gasteiger partial charge in [-0.05, 0) is 31.9 Å².